The highest BCUT2D eigenvalue weighted by Gasteiger charge is 2.33. The van der Waals surface area contributed by atoms with Crippen LogP contribution in [0.1, 0.15) is 47.0 Å². The van der Waals surface area contributed by atoms with Crippen LogP contribution in [0.2, 0.25) is 0 Å². The fourth-order valence-corrected chi connectivity index (χ4v) is 2.26. The second kappa shape index (κ2) is 4.62. The van der Waals surface area contributed by atoms with Crippen molar-refractivity contribution in [3.63, 3.8) is 0 Å². The molecule has 0 aromatic rings. The van der Waals surface area contributed by atoms with Gasteiger partial charge in [-0.25, -0.2) is 0 Å². The Kier molecular flexibility index (Phi) is 3.84. The van der Waals surface area contributed by atoms with E-state index in [-0.39, 0.29) is 5.41 Å². The van der Waals surface area contributed by atoms with E-state index >= 15 is 0 Å². The van der Waals surface area contributed by atoms with Gasteiger partial charge in [0.05, 0.1) is 0 Å². The summed E-state index contributed by atoms with van der Waals surface area (Å²) in [6.45, 7) is 10.8. The second-order valence-electron chi connectivity index (χ2n) is 6.02. The molecule has 16 heavy (non-hydrogen) atoms. The van der Waals surface area contributed by atoms with Gasteiger partial charge in [-0.15, -0.1) is 0 Å². The predicted octanol–water partition coefficient (Wildman–Crippen LogP) is 2.02. The van der Waals surface area contributed by atoms with Crippen molar-refractivity contribution < 1.29 is 5.21 Å². The summed E-state index contributed by atoms with van der Waals surface area (Å²) in [5.74, 6) is 0.324. The van der Waals surface area contributed by atoms with Crippen molar-refractivity contribution in [3.05, 3.63) is 0 Å². The lowest BCUT2D eigenvalue weighted by Gasteiger charge is -2.34. The summed E-state index contributed by atoms with van der Waals surface area (Å²) in [6.07, 6.45) is 3.46. The van der Waals surface area contributed by atoms with Gasteiger partial charge >= 0.3 is 0 Å². The largest absolute Gasteiger partial charge is 0.409 e. The van der Waals surface area contributed by atoms with Crippen molar-refractivity contribution in [1.82, 2.24) is 4.90 Å². The number of nitrogens with two attached hydrogens (primary N) is 1. The number of hydrogen-bond donors (Lipinski definition) is 2. The van der Waals surface area contributed by atoms with Gasteiger partial charge < -0.3 is 10.9 Å². The van der Waals surface area contributed by atoms with E-state index in [0.29, 0.717) is 11.4 Å². The molecule has 0 aliphatic carbocycles. The lowest BCUT2D eigenvalue weighted by Crippen LogP contribution is -2.42. The third-order valence-corrected chi connectivity index (χ3v) is 3.88. The first-order valence-corrected chi connectivity index (χ1v) is 6.03. The topological polar surface area (TPSA) is 61.8 Å². The minimum Gasteiger partial charge on any atom is -0.409 e. The van der Waals surface area contributed by atoms with Crippen LogP contribution in [0, 0.1) is 5.41 Å². The third kappa shape index (κ3) is 2.88. The van der Waals surface area contributed by atoms with Crippen molar-refractivity contribution in [2.24, 2.45) is 16.3 Å². The second-order valence-corrected chi connectivity index (χ2v) is 6.02. The summed E-state index contributed by atoms with van der Waals surface area (Å²) in [7, 11) is 0. The van der Waals surface area contributed by atoms with Crippen LogP contribution in [0.4, 0.5) is 0 Å². The molecule has 0 radical (unpaired) electrons. The molecule has 0 aromatic heterocycles. The van der Waals surface area contributed by atoms with E-state index in [1.165, 1.54) is 19.4 Å². The van der Waals surface area contributed by atoms with Gasteiger partial charge in [-0.1, -0.05) is 19.0 Å². The van der Waals surface area contributed by atoms with E-state index in [2.05, 4.69) is 23.9 Å². The monoisotopic (exact) mass is 227 g/mol. The molecule has 1 saturated heterocycles. The molecular weight excluding hydrogens is 202 g/mol. The van der Waals surface area contributed by atoms with E-state index < -0.39 is 0 Å². The number of amidine groups is 1. The minimum absolute atomic E-state index is 0.229. The average Bonchev–Trinajstić information content (AvgIpc) is 2.53. The van der Waals surface area contributed by atoms with Crippen molar-refractivity contribution in [3.8, 4) is 0 Å². The normalized spacial score (nSPS) is 22.6. The zero-order valence-electron chi connectivity index (χ0n) is 11.0. The van der Waals surface area contributed by atoms with Crippen LogP contribution >= 0.6 is 0 Å². The highest BCUT2D eigenvalue weighted by atomic mass is 16.4. The van der Waals surface area contributed by atoms with Crippen LogP contribution in [0.25, 0.3) is 0 Å². The van der Waals surface area contributed by atoms with E-state index in [0.717, 1.165) is 13.0 Å². The lowest BCUT2D eigenvalue weighted by molar-refractivity contribution is 0.159. The first-order valence-electron chi connectivity index (χ1n) is 6.03. The summed E-state index contributed by atoms with van der Waals surface area (Å²) in [5, 5.41) is 11.8. The number of rotatable bonds is 4. The Morgan fingerprint density at radius 1 is 1.50 bits per heavy atom. The number of hydrogen-bond acceptors (Lipinski definition) is 3. The Labute approximate surface area is 98.5 Å². The summed E-state index contributed by atoms with van der Waals surface area (Å²) >= 11 is 0. The fraction of sp³-hybridized carbons (Fsp3) is 0.917. The van der Waals surface area contributed by atoms with Gasteiger partial charge in [0.1, 0.15) is 5.84 Å². The third-order valence-electron chi connectivity index (χ3n) is 3.88. The molecule has 4 heteroatoms. The van der Waals surface area contributed by atoms with E-state index in [4.69, 9.17) is 10.9 Å². The zero-order chi connectivity index (χ0) is 12.4. The zero-order valence-corrected chi connectivity index (χ0v) is 11.0. The minimum atomic E-state index is -0.229. The van der Waals surface area contributed by atoms with Crippen molar-refractivity contribution in [1.29, 1.82) is 0 Å². The molecule has 0 aromatic carbocycles. The van der Waals surface area contributed by atoms with Crippen LogP contribution in [-0.4, -0.2) is 34.6 Å². The molecular formula is C12H25N3O. The maximum Gasteiger partial charge on any atom is 0.144 e. The van der Waals surface area contributed by atoms with Gasteiger partial charge in [-0.05, 0) is 46.2 Å². The maximum atomic E-state index is 8.71. The summed E-state index contributed by atoms with van der Waals surface area (Å²) in [6, 6.07) is 0. The van der Waals surface area contributed by atoms with Crippen molar-refractivity contribution in [2.45, 2.75) is 52.5 Å². The quantitative estimate of drug-likeness (QED) is 0.334. The molecule has 1 aliphatic heterocycles. The molecule has 0 amide bonds. The molecule has 0 unspecified atom stereocenters. The molecule has 1 heterocycles. The molecule has 1 aliphatic rings. The molecule has 1 rings (SSSR count). The van der Waals surface area contributed by atoms with E-state index in [9.17, 15) is 0 Å². The molecule has 0 bridgehead atoms. The fourth-order valence-electron chi connectivity index (χ4n) is 2.26. The van der Waals surface area contributed by atoms with Gasteiger partial charge in [0.15, 0.2) is 0 Å². The average molecular weight is 227 g/mol. The smallest absolute Gasteiger partial charge is 0.144 e. The Bertz CT molecular complexity index is 271. The van der Waals surface area contributed by atoms with Crippen LogP contribution in [0.5, 0.6) is 0 Å². The first kappa shape index (κ1) is 13.3. The highest BCUT2D eigenvalue weighted by molar-refractivity contribution is 5.85. The van der Waals surface area contributed by atoms with Crippen LogP contribution < -0.4 is 5.73 Å². The molecule has 0 atom stereocenters. The van der Waals surface area contributed by atoms with Crippen LogP contribution in [0.3, 0.4) is 0 Å². The summed E-state index contributed by atoms with van der Waals surface area (Å²) in [5.41, 5.74) is 5.76. The van der Waals surface area contributed by atoms with Crippen molar-refractivity contribution >= 4 is 5.84 Å². The number of nitrogens with zero attached hydrogens (tertiary/aromatic N) is 2. The molecule has 3 N–H and O–H groups in total. The number of likely N-dealkylation sites (tertiary alicyclic amines) is 1. The maximum absolute atomic E-state index is 8.71. The molecule has 1 fully saturated rings. The van der Waals surface area contributed by atoms with Gasteiger partial charge in [0, 0.05) is 11.0 Å². The lowest BCUT2D eigenvalue weighted by atomic mass is 9.87. The van der Waals surface area contributed by atoms with Gasteiger partial charge in [0.2, 0.25) is 0 Å². The summed E-state index contributed by atoms with van der Waals surface area (Å²) in [4.78, 5) is 2.50. The SMILES string of the molecule is CC(C)(CCN1CCCC1(C)C)C(N)=NO. The molecule has 0 saturated carbocycles. The van der Waals surface area contributed by atoms with Gasteiger partial charge in [-0.2, -0.15) is 0 Å². The molecule has 94 valence electrons. The Hall–Kier alpha value is -0.770. The van der Waals surface area contributed by atoms with Crippen molar-refractivity contribution in [2.75, 3.05) is 13.1 Å². The first-order chi connectivity index (χ1) is 7.29. The van der Waals surface area contributed by atoms with Gasteiger partial charge in [0.25, 0.3) is 0 Å². The van der Waals surface area contributed by atoms with Crippen LogP contribution in [-0.2, 0) is 0 Å². The van der Waals surface area contributed by atoms with Gasteiger partial charge in [-0.3, -0.25) is 4.90 Å². The standard InChI is InChI=1S/C12H25N3O/c1-11(2,10(13)14-16)7-9-15-8-5-6-12(15,3)4/h16H,5-9H2,1-4H3,(H2,13,14). The Morgan fingerprint density at radius 3 is 2.56 bits per heavy atom. The highest BCUT2D eigenvalue weighted by Crippen LogP contribution is 2.30. The molecule has 0 spiro atoms. The Morgan fingerprint density at radius 2 is 2.12 bits per heavy atom. The number of oxime groups is 1. The van der Waals surface area contributed by atoms with E-state index in [1.807, 2.05) is 13.8 Å². The van der Waals surface area contributed by atoms with E-state index in [1.54, 1.807) is 0 Å². The van der Waals surface area contributed by atoms with Crippen LogP contribution in [0.15, 0.2) is 5.16 Å². The Balaban J connectivity index is 2.52. The predicted molar refractivity (Wildman–Crippen MR) is 66.7 cm³/mol. The summed E-state index contributed by atoms with van der Waals surface area (Å²) < 4.78 is 0. The molecule has 4 nitrogen and oxygen atoms in total.